The van der Waals surface area contributed by atoms with Crippen molar-refractivity contribution in [2.75, 3.05) is 5.32 Å². The lowest BCUT2D eigenvalue weighted by Gasteiger charge is -2.17. The standard InChI is InChI=1S/C19H18N4O3S2/c1-10-3-6-13-14(9-20)18(28-16(13)7-10)22-19(27)21-17(24)12-5-4-11(2)15(8-12)23(25)26/h4-5,8,10H,3,6-7H2,1-2H3,(H2,21,22,24,27)/t10-/m0/s1. The summed E-state index contributed by atoms with van der Waals surface area (Å²) in [5.41, 5.74) is 2.13. The number of thiophene rings is 1. The summed E-state index contributed by atoms with van der Waals surface area (Å²) in [6.45, 7) is 3.79. The van der Waals surface area contributed by atoms with Gasteiger partial charge in [-0.15, -0.1) is 11.3 Å². The molecule has 1 aromatic heterocycles. The van der Waals surface area contributed by atoms with Crippen molar-refractivity contribution in [2.45, 2.75) is 33.1 Å². The van der Waals surface area contributed by atoms with Crippen LogP contribution >= 0.6 is 23.6 Å². The van der Waals surface area contributed by atoms with Crippen molar-refractivity contribution in [3.63, 3.8) is 0 Å². The van der Waals surface area contributed by atoms with Crippen molar-refractivity contribution in [3.05, 3.63) is 55.4 Å². The fourth-order valence-electron chi connectivity index (χ4n) is 3.21. The normalized spacial score (nSPS) is 15.2. The highest BCUT2D eigenvalue weighted by atomic mass is 32.1. The number of nitrogens with one attached hydrogen (secondary N) is 2. The number of nitro groups is 1. The molecule has 28 heavy (non-hydrogen) atoms. The molecule has 7 nitrogen and oxygen atoms in total. The molecule has 1 amide bonds. The number of nitro benzene ring substituents is 1. The number of rotatable bonds is 3. The molecule has 0 saturated heterocycles. The van der Waals surface area contributed by atoms with Crippen LogP contribution in [0.4, 0.5) is 10.7 Å². The van der Waals surface area contributed by atoms with Crippen LogP contribution in [-0.2, 0) is 12.8 Å². The number of carbonyl (C=O) groups is 1. The molecule has 0 aliphatic heterocycles. The molecule has 1 aliphatic carbocycles. The average molecular weight is 415 g/mol. The second-order valence-corrected chi connectivity index (χ2v) is 8.35. The zero-order valence-corrected chi connectivity index (χ0v) is 17.0. The summed E-state index contributed by atoms with van der Waals surface area (Å²) < 4.78 is 0. The Labute approximate surface area is 171 Å². The fourth-order valence-corrected chi connectivity index (χ4v) is 4.84. The summed E-state index contributed by atoms with van der Waals surface area (Å²) >= 11 is 6.70. The number of nitriles is 1. The molecule has 1 atom stereocenters. The largest absolute Gasteiger partial charge is 0.323 e. The molecule has 0 spiro atoms. The van der Waals surface area contributed by atoms with E-state index in [1.165, 1.54) is 34.4 Å². The van der Waals surface area contributed by atoms with Gasteiger partial charge in [0.15, 0.2) is 5.11 Å². The van der Waals surface area contributed by atoms with E-state index in [0.717, 1.165) is 24.8 Å². The molecule has 1 aromatic carbocycles. The van der Waals surface area contributed by atoms with Gasteiger partial charge in [-0.1, -0.05) is 13.0 Å². The maximum absolute atomic E-state index is 12.4. The van der Waals surface area contributed by atoms with E-state index in [-0.39, 0.29) is 16.4 Å². The van der Waals surface area contributed by atoms with E-state index in [9.17, 15) is 20.2 Å². The second-order valence-electron chi connectivity index (χ2n) is 6.83. The molecule has 0 fully saturated rings. The van der Waals surface area contributed by atoms with Gasteiger partial charge in [0.1, 0.15) is 11.1 Å². The van der Waals surface area contributed by atoms with Crippen LogP contribution in [0.1, 0.15) is 45.3 Å². The quantitative estimate of drug-likeness (QED) is 0.445. The van der Waals surface area contributed by atoms with Crippen molar-refractivity contribution in [1.29, 1.82) is 5.26 Å². The number of anilines is 1. The number of amides is 1. The molecule has 0 unspecified atom stereocenters. The summed E-state index contributed by atoms with van der Waals surface area (Å²) in [7, 11) is 0. The van der Waals surface area contributed by atoms with E-state index in [1.807, 2.05) is 0 Å². The number of fused-ring (bicyclic) bond motifs is 1. The molecule has 9 heteroatoms. The number of thiocarbonyl (C=S) groups is 1. The Morgan fingerprint density at radius 1 is 1.46 bits per heavy atom. The zero-order valence-electron chi connectivity index (χ0n) is 15.4. The monoisotopic (exact) mass is 414 g/mol. The number of nitrogens with zero attached hydrogens (tertiary/aromatic N) is 2. The highest BCUT2D eigenvalue weighted by molar-refractivity contribution is 7.80. The molecule has 0 saturated carbocycles. The van der Waals surface area contributed by atoms with E-state index in [0.29, 0.717) is 22.0 Å². The molecule has 1 aliphatic rings. The van der Waals surface area contributed by atoms with Gasteiger partial charge in [0.25, 0.3) is 11.6 Å². The Bertz CT molecular complexity index is 1020. The molecule has 2 aromatic rings. The molecule has 144 valence electrons. The number of benzene rings is 1. The summed E-state index contributed by atoms with van der Waals surface area (Å²) in [5, 5.41) is 26.7. The van der Waals surface area contributed by atoms with Gasteiger partial charge >= 0.3 is 0 Å². The third-order valence-electron chi connectivity index (χ3n) is 4.75. The SMILES string of the molecule is Cc1ccc(C(=O)NC(=S)Nc2sc3c(c2C#N)CC[C@H](C)C3)cc1[N+](=O)[O-]. The van der Waals surface area contributed by atoms with Gasteiger partial charge in [-0.25, -0.2) is 0 Å². The smallest absolute Gasteiger partial charge is 0.273 e. The predicted octanol–water partition coefficient (Wildman–Crippen LogP) is 4.09. The van der Waals surface area contributed by atoms with E-state index in [1.54, 1.807) is 6.92 Å². The number of hydrogen-bond acceptors (Lipinski definition) is 6. The van der Waals surface area contributed by atoms with E-state index in [4.69, 9.17) is 12.2 Å². The van der Waals surface area contributed by atoms with Gasteiger partial charge in [0.05, 0.1) is 10.5 Å². The van der Waals surface area contributed by atoms with Gasteiger partial charge < -0.3 is 5.32 Å². The maximum atomic E-state index is 12.4. The van der Waals surface area contributed by atoms with Crippen LogP contribution in [0.15, 0.2) is 18.2 Å². The summed E-state index contributed by atoms with van der Waals surface area (Å²) in [6, 6.07) is 6.48. The highest BCUT2D eigenvalue weighted by Gasteiger charge is 2.24. The predicted molar refractivity (Wildman–Crippen MR) is 112 cm³/mol. The van der Waals surface area contributed by atoms with Crippen LogP contribution in [-0.4, -0.2) is 15.9 Å². The third kappa shape index (κ3) is 4.03. The minimum absolute atomic E-state index is 0.0522. The molecule has 0 bridgehead atoms. The van der Waals surface area contributed by atoms with E-state index in [2.05, 4.69) is 23.6 Å². The van der Waals surface area contributed by atoms with Crippen molar-refractivity contribution >= 4 is 45.3 Å². The lowest BCUT2D eigenvalue weighted by atomic mass is 9.89. The van der Waals surface area contributed by atoms with Crippen LogP contribution in [0.5, 0.6) is 0 Å². The van der Waals surface area contributed by atoms with Crippen molar-refractivity contribution in [2.24, 2.45) is 5.92 Å². The van der Waals surface area contributed by atoms with Gasteiger partial charge in [-0.2, -0.15) is 5.26 Å². The molecular weight excluding hydrogens is 396 g/mol. The zero-order chi connectivity index (χ0) is 20.4. The van der Waals surface area contributed by atoms with Crippen LogP contribution < -0.4 is 10.6 Å². The van der Waals surface area contributed by atoms with Crippen LogP contribution in [0, 0.1) is 34.3 Å². The second kappa shape index (κ2) is 8.04. The first-order valence-corrected chi connectivity index (χ1v) is 9.94. The van der Waals surface area contributed by atoms with Crippen molar-refractivity contribution in [1.82, 2.24) is 5.32 Å². The Morgan fingerprint density at radius 2 is 2.21 bits per heavy atom. The van der Waals surface area contributed by atoms with Crippen LogP contribution in [0.25, 0.3) is 0 Å². The molecule has 0 radical (unpaired) electrons. The number of hydrogen-bond donors (Lipinski definition) is 2. The number of carbonyl (C=O) groups excluding carboxylic acids is 1. The first-order chi connectivity index (χ1) is 13.3. The number of aryl methyl sites for hydroxylation is 1. The lowest BCUT2D eigenvalue weighted by Crippen LogP contribution is -2.34. The Morgan fingerprint density at radius 3 is 2.89 bits per heavy atom. The third-order valence-corrected chi connectivity index (χ3v) is 6.12. The maximum Gasteiger partial charge on any atom is 0.273 e. The summed E-state index contributed by atoms with van der Waals surface area (Å²) in [4.78, 5) is 24.1. The van der Waals surface area contributed by atoms with Crippen LogP contribution in [0.3, 0.4) is 0 Å². The summed E-state index contributed by atoms with van der Waals surface area (Å²) in [5.74, 6) is 0.0311. The molecule has 3 rings (SSSR count). The first kappa shape index (κ1) is 19.9. The van der Waals surface area contributed by atoms with Gasteiger partial charge in [-0.3, -0.25) is 20.2 Å². The lowest BCUT2D eigenvalue weighted by molar-refractivity contribution is -0.385. The van der Waals surface area contributed by atoms with Crippen molar-refractivity contribution in [3.8, 4) is 6.07 Å². The van der Waals surface area contributed by atoms with E-state index < -0.39 is 10.8 Å². The van der Waals surface area contributed by atoms with Gasteiger partial charge in [0, 0.05) is 22.1 Å². The minimum atomic E-state index is -0.547. The average Bonchev–Trinajstić information content (AvgIpc) is 2.97. The fraction of sp³-hybridized carbons (Fsp3) is 0.316. The van der Waals surface area contributed by atoms with Gasteiger partial charge in [0.2, 0.25) is 0 Å². The molecule has 1 heterocycles. The topological polar surface area (TPSA) is 108 Å². The highest BCUT2D eigenvalue weighted by Crippen LogP contribution is 2.39. The Hall–Kier alpha value is -2.83. The van der Waals surface area contributed by atoms with Gasteiger partial charge in [-0.05, 0) is 56.0 Å². The minimum Gasteiger partial charge on any atom is -0.323 e. The molecular formula is C19H18N4O3S2. The van der Waals surface area contributed by atoms with Crippen LogP contribution in [0.2, 0.25) is 0 Å². The Kier molecular flexibility index (Phi) is 5.72. The van der Waals surface area contributed by atoms with E-state index >= 15 is 0 Å². The Balaban J connectivity index is 1.75. The van der Waals surface area contributed by atoms with Crippen molar-refractivity contribution < 1.29 is 9.72 Å². The first-order valence-electron chi connectivity index (χ1n) is 8.72. The summed E-state index contributed by atoms with van der Waals surface area (Å²) in [6.07, 6.45) is 2.84. The molecule has 2 N–H and O–H groups in total.